The van der Waals surface area contributed by atoms with Crippen molar-refractivity contribution in [3.8, 4) is 11.8 Å². The third-order valence-electron chi connectivity index (χ3n) is 2.68. The van der Waals surface area contributed by atoms with Gasteiger partial charge in [-0.15, -0.1) is 0 Å². The van der Waals surface area contributed by atoms with Crippen molar-refractivity contribution in [2.75, 3.05) is 0 Å². The predicted octanol–water partition coefficient (Wildman–Crippen LogP) is 2.53. The number of aliphatic hydroxyl groups is 1. The minimum Gasteiger partial charge on any atom is -0.481 e. The molecular weight excluding hydrogens is 272 g/mol. The van der Waals surface area contributed by atoms with Gasteiger partial charge in [-0.3, -0.25) is 4.79 Å². The second-order valence-corrected chi connectivity index (χ2v) is 5.20. The van der Waals surface area contributed by atoms with Crippen molar-refractivity contribution in [3.05, 3.63) is 57.8 Å². The molecule has 4 heteroatoms. The summed E-state index contributed by atoms with van der Waals surface area (Å²) in [6.45, 7) is 0. The Morgan fingerprint density at radius 2 is 2.05 bits per heavy atom. The Kier molecular flexibility index (Phi) is 4.94. The summed E-state index contributed by atoms with van der Waals surface area (Å²) in [5.74, 6) is 5.12. The SMILES string of the molecule is O=C(O)C[C@@H](O)Cc1cccc(C#Cc2ccsc2)c1. The van der Waals surface area contributed by atoms with Crippen LogP contribution in [0.5, 0.6) is 0 Å². The zero-order valence-electron chi connectivity index (χ0n) is 10.7. The fraction of sp³-hybridized carbons (Fsp3) is 0.188. The number of rotatable bonds is 4. The van der Waals surface area contributed by atoms with Crippen molar-refractivity contribution in [3.63, 3.8) is 0 Å². The molecule has 2 N–H and O–H groups in total. The van der Waals surface area contributed by atoms with E-state index in [4.69, 9.17) is 5.11 Å². The molecule has 0 fully saturated rings. The van der Waals surface area contributed by atoms with E-state index in [9.17, 15) is 9.90 Å². The first-order valence-corrected chi connectivity index (χ1v) is 7.11. The van der Waals surface area contributed by atoms with Crippen molar-refractivity contribution in [1.29, 1.82) is 0 Å². The van der Waals surface area contributed by atoms with E-state index in [1.807, 2.05) is 41.1 Å². The van der Waals surface area contributed by atoms with Gasteiger partial charge in [0, 0.05) is 16.5 Å². The molecule has 0 saturated heterocycles. The molecule has 102 valence electrons. The number of thiophene rings is 1. The third-order valence-corrected chi connectivity index (χ3v) is 3.36. The minimum atomic E-state index is -0.995. The quantitative estimate of drug-likeness (QED) is 0.849. The number of carboxylic acids is 1. The van der Waals surface area contributed by atoms with Gasteiger partial charge in [0.2, 0.25) is 0 Å². The molecular formula is C16H14O3S. The average Bonchev–Trinajstić information content (AvgIpc) is 2.88. The molecule has 3 nitrogen and oxygen atoms in total. The van der Waals surface area contributed by atoms with Crippen LogP contribution in [0.3, 0.4) is 0 Å². The molecule has 2 aromatic rings. The van der Waals surface area contributed by atoms with Gasteiger partial charge in [-0.05, 0) is 35.6 Å². The van der Waals surface area contributed by atoms with Crippen LogP contribution in [-0.2, 0) is 11.2 Å². The van der Waals surface area contributed by atoms with Gasteiger partial charge in [0.15, 0.2) is 0 Å². The van der Waals surface area contributed by atoms with Gasteiger partial charge >= 0.3 is 5.97 Å². The number of carboxylic acid groups (broad SMARTS) is 1. The molecule has 0 aliphatic carbocycles. The lowest BCUT2D eigenvalue weighted by molar-refractivity contribution is -0.139. The summed E-state index contributed by atoms with van der Waals surface area (Å²) in [6, 6.07) is 9.45. The van der Waals surface area contributed by atoms with Crippen LogP contribution in [0.25, 0.3) is 0 Å². The van der Waals surface area contributed by atoms with Crippen molar-refractivity contribution in [2.24, 2.45) is 0 Å². The number of benzene rings is 1. The maximum atomic E-state index is 10.5. The van der Waals surface area contributed by atoms with Gasteiger partial charge in [0.25, 0.3) is 0 Å². The van der Waals surface area contributed by atoms with Crippen LogP contribution < -0.4 is 0 Å². The lowest BCUT2D eigenvalue weighted by atomic mass is 10.0. The fourth-order valence-corrected chi connectivity index (χ4v) is 2.39. The second-order valence-electron chi connectivity index (χ2n) is 4.42. The topological polar surface area (TPSA) is 57.5 Å². The summed E-state index contributed by atoms with van der Waals surface area (Å²) in [6.07, 6.45) is -0.793. The highest BCUT2D eigenvalue weighted by molar-refractivity contribution is 7.08. The summed E-state index contributed by atoms with van der Waals surface area (Å²) in [5, 5.41) is 22.2. The molecule has 1 heterocycles. The van der Waals surface area contributed by atoms with Crippen LogP contribution in [0.2, 0.25) is 0 Å². The number of aliphatic carboxylic acids is 1. The van der Waals surface area contributed by atoms with Crippen molar-refractivity contribution in [2.45, 2.75) is 18.9 Å². The molecule has 20 heavy (non-hydrogen) atoms. The lowest BCUT2D eigenvalue weighted by Gasteiger charge is -2.07. The summed E-state index contributed by atoms with van der Waals surface area (Å²) >= 11 is 1.60. The van der Waals surface area contributed by atoms with Crippen molar-refractivity contribution >= 4 is 17.3 Å². The lowest BCUT2D eigenvalue weighted by Crippen LogP contribution is -2.15. The molecule has 0 spiro atoms. The Balaban J connectivity index is 2.06. The van der Waals surface area contributed by atoms with Crippen LogP contribution >= 0.6 is 11.3 Å². The molecule has 0 unspecified atom stereocenters. The summed E-state index contributed by atoms with van der Waals surface area (Å²) in [4.78, 5) is 10.5. The van der Waals surface area contributed by atoms with E-state index in [0.29, 0.717) is 6.42 Å². The van der Waals surface area contributed by atoms with E-state index in [1.165, 1.54) is 0 Å². The first kappa shape index (κ1) is 14.3. The standard InChI is InChI=1S/C16H14O3S/c17-15(10-16(18)19)9-14-3-1-2-12(8-14)4-5-13-6-7-20-11-13/h1-3,6-8,11,15,17H,9-10H2,(H,18,19)/t15-/m0/s1. The number of aliphatic hydroxyl groups excluding tert-OH is 1. The Labute approximate surface area is 121 Å². The van der Waals surface area contributed by atoms with Gasteiger partial charge in [-0.25, -0.2) is 0 Å². The van der Waals surface area contributed by atoms with Gasteiger partial charge in [-0.1, -0.05) is 24.0 Å². The fourth-order valence-electron chi connectivity index (χ4n) is 1.80. The van der Waals surface area contributed by atoms with Gasteiger partial charge in [0.05, 0.1) is 12.5 Å². The van der Waals surface area contributed by atoms with Crippen molar-refractivity contribution < 1.29 is 15.0 Å². The normalized spacial score (nSPS) is 11.4. The molecule has 0 amide bonds. The van der Waals surface area contributed by atoms with E-state index < -0.39 is 12.1 Å². The summed E-state index contributed by atoms with van der Waals surface area (Å²) in [7, 11) is 0. The zero-order chi connectivity index (χ0) is 14.4. The number of hydrogen-bond acceptors (Lipinski definition) is 3. The smallest absolute Gasteiger partial charge is 0.305 e. The highest BCUT2D eigenvalue weighted by Gasteiger charge is 2.10. The molecule has 2 rings (SSSR count). The molecule has 0 aliphatic heterocycles. The van der Waals surface area contributed by atoms with Crippen LogP contribution in [0, 0.1) is 11.8 Å². The molecule has 1 aromatic carbocycles. The van der Waals surface area contributed by atoms with E-state index in [2.05, 4.69) is 11.8 Å². The third kappa shape index (κ3) is 4.54. The van der Waals surface area contributed by atoms with E-state index in [-0.39, 0.29) is 6.42 Å². The van der Waals surface area contributed by atoms with Crippen LogP contribution in [-0.4, -0.2) is 22.3 Å². The Morgan fingerprint density at radius 1 is 1.25 bits per heavy atom. The van der Waals surface area contributed by atoms with E-state index in [0.717, 1.165) is 16.7 Å². The van der Waals surface area contributed by atoms with Gasteiger partial charge in [-0.2, -0.15) is 11.3 Å². The molecule has 1 atom stereocenters. The largest absolute Gasteiger partial charge is 0.481 e. The Hall–Kier alpha value is -2.09. The molecule has 0 bridgehead atoms. The average molecular weight is 286 g/mol. The summed E-state index contributed by atoms with van der Waals surface area (Å²) < 4.78 is 0. The highest BCUT2D eigenvalue weighted by atomic mass is 32.1. The Bertz CT molecular complexity index is 635. The van der Waals surface area contributed by atoms with Crippen LogP contribution in [0.1, 0.15) is 23.1 Å². The van der Waals surface area contributed by atoms with Crippen LogP contribution in [0.4, 0.5) is 0 Å². The molecule has 0 radical (unpaired) electrons. The maximum Gasteiger partial charge on any atom is 0.305 e. The predicted molar refractivity (Wildman–Crippen MR) is 78.7 cm³/mol. The van der Waals surface area contributed by atoms with E-state index >= 15 is 0 Å². The van der Waals surface area contributed by atoms with Gasteiger partial charge < -0.3 is 10.2 Å². The number of carbonyl (C=O) groups is 1. The van der Waals surface area contributed by atoms with Crippen molar-refractivity contribution in [1.82, 2.24) is 0 Å². The molecule has 1 aromatic heterocycles. The Morgan fingerprint density at radius 3 is 2.75 bits per heavy atom. The minimum absolute atomic E-state index is 0.245. The van der Waals surface area contributed by atoms with Gasteiger partial charge in [0.1, 0.15) is 0 Å². The monoisotopic (exact) mass is 286 g/mol. The zero-order valence-corrected chi connectivity index (χ0v) is 11.6. The van der Waals surface area contributed by atoms with E-state index in [1.54, 1.807) is 11.3 Å². The molecule has 0 saturated carbocycles. The molecule has 0 aliphatic rings. The highest BCUT2D eigenvalue weighted by Crippen LogP contribution is 2.10. The number of hydrogen-bond donors (Lipinski definition) is 2. The summed E-state index contributed by atoms with van der Waals surface area (Å²) in [5.41, 5.74) is 2.72. The first-order chi connectivity index (χ1) is 9.63. The second kappa shape index (κ2) is 6.90. The first-order valence-electron chi connectivity index (χ1n) is 6.16. The van der Waals surface area contributed by atoms with Crippen LogP contribution in [0.15, 0.2) is 41.1 Å². The maximum absolute atomic E-state index is 10.5.